The second-order valence-electron chi connectivity index (χ2n) is 2.86. The van der Waals surface area contributed by atoms with Crippen LogP contribution in [0.3, 0.4) is 0 Å². The monoisotopic (exact) mass is 136 g/mol. The fraction of sp³-hybridized carbons (Fsp3) is 1.00. The zero-order chi connectivity index (χ0) is 7.11. The Hall–Kier alpha value is 0.557. The minimum absolute atomic E-state index is 0. The summed E-state index contributed by atoms with van der Waals surface area (Å²) in [4.78, 5) is 2.25. The van der Waals surface area contributed by atoms with Crippen LogP contribution < -0.4 is 0 Å². The van der Waals surface area contributed by atoms with Gasteiger partial charge in [0.25, 0.3) is 0 Å². The molecule has 0 aromatic rings. The van der Waals surface area contributed by atoms with Crippen molar-refractivity contribution >= 4 is 18.9 Å². The van der Waals surface area contributed by atoms with Gasteiger partial charge in [-0.1, -0.05) is 26.2 Å². The molecule has 0 spiro atoms. The van der Waals surface area contributed by atoms with E-state index in [1.165, 1.54) is 32.2 Å². The summed E-state index contributed by atoms with van der Waals surface area (Å²) in [5, 5.41) is 0. The van der Waals surface area contributed by atoms with Crippen LogP contribution in [0.5, 0.6) is 0 Å². The van der Waals surface area contributed by atoms with Crippen LogP contribution in [0.25, 0.3) is 0 Å². The van der Waals surface area contributed by atoms with Gasteiger partial charge in [0.1, 0.15) is 0 Å². The van der Waals surface area contributed by atoms with E-state index < -0.39 is 0 Å². The third-order valence-electron chi connectivity index (χ3n) is 1.46. The molecular formula is C8H19LiN. The quantitative estimate of drug-likeness (QED) is 0.411. The molecule has 0 saturated heterocycles. The number of unbranched alkanes of at least 4 members (excludes halogenated alkanes) is 3. The maximum atomic E-state index is 2.25. The zero-order valence-electron chi connectivity index (χ0n) is 7.98. The fourth-order valence-corrected chi connectivity index (χ4v) is 0.855. The standard InChI is InChI=1S/C8H19N.Li/c1-4-5-6-7-8-9(2)3;/h4-8H2,1-3H3;. The minimum atomic E-state index is 0. The van der Waals surface area contributed by atoms with Gasteiger partial charge in [-0.25, -0.2) is 0 Å². The van der Waals surface area contributed by atoms with Crippen LogP contribution >= 0.6 is 0 Å². The molecule has 1 radical (unpaired) electrons. The number of hydrogen-bond donors (Lipinski definition) is 0. The molecule has 0 amide bonds. The maximum Gasteiger partial charge on any atom is 0 e. The van der Waals surface area contributed by atoms with Gasteiger partial charge in [-0.15, -0.1) is 0 Å². The van der Waals surface area contributed by atoms with E-state index >= 15 is 0 Å². The summed E-state index contributed by atoms with van der Waals surface area (Å²) in [6.45, 7) is 3.50. The summed E-state index contributed by atoms with van der Waals surface area (Å²) < 4.78 is 0. The summed E-state index contributed by atoms with van der Waals surface area (Å²) in [5.41, 5.74) is 0. The molecule has 0 aromatic heterocycles. The summed E-state index contributed by atoms with van der Waals surface area (Å²) in [5.74, 6) is 0. The van der Waals surface area contributed by atoms with Crippen molar-refractivity contribution in [3.63, 3.8) is 0 Å². The van der Waals surface area contributed by atoms with Crippen LogP contribution in [0.2, 0.25) is 0 Å². The molecule has 0 rings (SSSR count). The van der Waals surface area contributed by atoms with Crippen LogP contribution in [0, 0.1) is 0 Å². The molecule has 10 heavy (non-hydrogen) atoms. The van der Waals surface area contributed by atoms with E-state index in [-0.39, 0.29) is 18.9 Å². The maximum absolute atomic E-state index is 2.25. The van der Waals surface area contributed by atoms with E-state index in [9.17, 15) is 0 Å². The van der Waals surface area contributed by atoms with E-state index in [1.807, 2.05) is 0 Å². The molecule has 0 unspecified atom stereocenters. The van der Waals surface area contributed by atoms with Crippen molar-refractivity contribution in [2.45, 2.75) is 32.6 Å². The number of nitrogens with zero attached hydrogens (tertiary/aromatic N) is 1. The largest absolute Gasteiger partial charge is 0.309 e. The average Bonchev–Trinajstić information content (AvgIpc) is 1.80. The molecule has 0 fully saturated rings. The first kappa shape index (κ1) is 13.2. The van der Waals surface area contributed by atoms with Crippen molar-refractivity contribution in [2.75, 3.05) is 20.6 Å². The summed E-state index contributed by atoms with van der Waals surface area (Å²) in [6, 6.07) is 0. The summed E-state index contributed by atoms with van der Waals surface area (Å²) in [6.07, 6.45) is 5.50. The van der Waals surface area contributed by atoms with Gasteiger partial charge in [0.2, 0.25) is 0 Å². The second-order valence-corrected chi connectivity index (χ2v) is 2.86. The first-order chi connectivity index (χ1) is 4.27. The Labute approximate surface area is 77.4 Å². The van der Waals surface area contributed by atoms with Crippen molar-refractivity contribution < 1.29 is 0 Å². The van der Waals surface area contributed by atoms with E-state index in [1.54, 1.807) is 0 Å². The molecule has 0 atom stereocenters. The van der Waals surface area contributed by atoms with Gasteiger partial charge in [0.05, 0.1) is 0 Å². The van der Waals surface area contributed by atoms with Crippen molar-refractivity contribution in [1.29, 1.82) is 0 Å². The van der Waals surface area contributed by atoms with E-state index in [0.717, 1.165) is 0 Å². The van der Waals surface area contributed by atoms with Crippen molar-refractivity contribution in [2.24, 2.45) is 0 Å². The summed E-state index contributed by atoms with van der Waals surface area (Å²) in [7, 11) is 4.26. The molecule has 0 aromatic carbocycles. The van der Waals surface area contributed by atoms with Crippen LogP contribution in [0.1, 0.15) is 32.6 Å². The Morgan fingerprint density at radius 1 is 1.00 bits per heavy atom. The van der Waals surface area contributed by atoms with Crippen molar-refractivity contribution in [3.8, 4) is 0 Å². The van der Waals surface area contributed by atoms with Crippen LogP contribution in [-0.2, 0) is 0 Å². The molecular weight excluding hydrogens is 117 g/mol. The Kier molecular flexibility index (Phi) is 12.6. The normalized spacial score (nSPS) is 9.60. The topological polar surface area (TPSA) is 3.24 Å². The number of hydrogen-bond acceptors (Lipinski definition) is 1. The smallest absolute Gasteiger partial charge is 0 e. The van der Waals surface area contributed by atoms with Crippen LogP contribution in [0.15, 0.2) is 0 Å². The second kappa shape index (κ2) is 9.56. The van der Waals surface area contributed by atoms with E-state index in [2.05, 4.69) is 25.9 Å². The SMILES string of the molecule is CCCCCCN(C)C.[Li]. The predicted octanol–water partition coefficient (Wildman–Crippen LogP) is 1.75. The predicted molar refractivity (Wildman–Crippen MR) is 48.5 cm³/mol. The Bertz CT molecular complexity index is 55.2. The van der Waals surface area contributed by atoms with Gasteiger partial charge in [-0.05, 0) is 27.1 Å². The molecule has 57 valence electrons. The molecule has 0 aliphatic heterocycles. The van der Waals surface area contributed by atoms with Gasteiger partial charge >= 0.3 is 0 Å². The molecule has 0 aliphatic carbocycles. The Balaban J connectivity index is 0. The third kappa shape index (κ3) is 11.4. The Morgan fingerprint density at radius 3 is 2.00 bits per heavy atom. The minimum Gasteiger partial charge on any atom is -0.309 e. The van der Waals surface area contributed by atoms with Crippen LogP contribution in [0.4, 0.5) is 0 Å². The van der Waals surface area contributed by atoms with E-state index in [0.29, 0.717) is 0 Å². The molecule has 0 aliphatic rings. The first-order valence-corrected chi connectivity index (χ1v) is 3.92. The van der Waals surface area contributed by atoms with E-state index in [4.69, 9.17) is 0 Å². The average molecular weight is 136 g/mol. The van der Waals surface area contributed by atoms with Gasteiger partial charge in [-0.2, -0.15) is 0 Å². The van der Waals surface area contributed by atoms with Gasteiger partial charge in [0.15, 0.2) is 0 Å². The molecule has 0 saturated carbocycles. The molecule has 0 heterocycles. The van der Waals surface area contributed by atoms with Crippen molar-refractivity contribution in [3.05, 3.63) is 0 Å². The first-order valence-electron chi connectivity index (χ1n) is 3.92. The number of rotatable bonds is 5. The third-order valence-corrected chi connectivity index (χ3v) is 1.46. The molecule has 2 heteroatoms. The van der Waals surface area contributed by atoms with Crippen LogP contribution in [-0.4, -0.2) is 44.4 Å². The Morgan fingerprint density at radius 2 is 1.60 bits per heavy atom. The zero-order valence-corrected chi connectivity index (χ0v) is 7.98. The van der Waals surface area contributed by atoms with Crippen molar-refractivity contribution in [1.82, 2.24) is 4.90 Å². The molecule has 0 bridgehead atoms. The fourth-order valence-electron chi connectivity index (χ4n) is 0.855. The molecule has 1 nitrogen and oxygen atoms in total. The summed E-state index contributed by atoms with van der Waals surface area (Å²) >= 11 is 0. The van der Waals surface area contributed by atoms with Gasteiger partial charge in [0, 0.05) is 18.9 Å². The van der Waals surface area contributed by atoms with Gasteiger partial charge in [-0.3, -0.25) is 0 Å². The van der Waals surface area contributed by atoms with Gasteiger partial charge < -0.3 is 4.90 Å². The molecule has 0 N–H and O–H groups in total.